The Bertz CT molecular complexity index is 502. The summed E-state index contributed by atoms with van der Waals surface area (Å²) in [5.74, 6) is 0.608. The lowest BCUT2D eigenvalue weighted by Gasteiger charge is -2.30. The number of nitrogens with zero attached hydrogens (tertiary/aromatic N) is 1. The highest BCUT2D eigenvalue weighted by Crippen LogP contribution is 2.39. The Morgan fingerprint density at radius 3 is 2.93 bits per heavy atom. The van der Waals surface area contributed by atoms with Gasteiger partial charge in [-0.3, -0.25) is 0 Å². The largest absolute Gasteiger partial charge is 0.328 e. The van der Waals surface area contributed by atoms with Crippen molar-refractivity contribution in [2.24, 2.45) is 5.73 Å². The fourth-order valence-corrected chi connectivity index (χ4v) is 3.38. The number of hydrogen-bond acceptors (Lipinski definition) is 3. The average molecular weight is 283 g/mol. The zero-order chi connectivity index (χ0) is 10.4. The summed E-state index contributed by atoms with van der Waals surface area (Å²) in [6.07, 6.45) is 2.20. The molecule has 2 aromatic rings. The van der Waals surface area contributed by atoms with Gasteiger partial charge in [0.25, 0.3) is 0 Å². The van der Waals surface area contributed by atoms with Crippen molar-refractivity contribution < 1.29 is 0 Å². The number of aromatic nitrogens is 1. The van der Waals surface area contributed by atoms with Crippen molar-refractivity contribution in [1.29, 1.82) is 0 Å². The molecule has 4 heteroatoms. The lowest BCUT2D eigenvalue weighted by atomic mass is 9.81. The van der Waals surface area contributed by atoms with Crippen LogP contribution in [0.3, 0.4) is 0 Å². The van der Waals surface area contributed by atoms with Crippen LogP contribution in [0.5, 0.6) is 0 Å². The third-order valence-electron chi connectivity index (χ3n) is 2.89. The van der Waals surface area contributed by atoms with E-state index in [-0.39, 0.29) is 0 Å². The zero-order valence-corrected chi connectivity index (χ0v) is 10.5. The predicted octanol–water partition coefficient (Wildman–Crippen LogP) is 3.26. The third kappa shape index (κ3) is 1.71. The highest BCUT2D eigenvalue weighted by atomic mass is 79.9. The summed E-state index contributed by atoms with van der Waals surface area (Å²) in [5, 5.41) is 1.25. The molecule has 78 valence electrons. The van der Waals surface area contributed by atoms with Gasteiger partial charge in [0.2, 0.25) is 0 Å². The lowest BCUT2D eigenvalue weighted by molar-refractivity contribution is 0.351. The minimum Gasteiger partial charge on any atom is -0.328 e. The van der Waals surface area contributed by atoms with Crippen LogP contribution in [-0.2, 0) is 0 Å². The van der Waals surface area contributed by atoms with E-state index in [0.29, 0.717) is 12.0 Å². The maximum Gasteiger partial charge on any atom is 0.0970 e. The summed E-state index contributed by atoms with van der Waals surface area (Å²) >= 11 is 5.27. The zero-order valence-electron chi connectivity index (χ0n) is 8.11. The molecule has 1 heterocycles. The van der Waals surface area contributed by atoms with Gasteiger partial charge in [0.05, 0.1) is 15.2 Å². The van der Waals surface area contributed by atoms with E-state index in [4.69, 9.17) is 5.73 Å². The number of nitrogens with two attached hydrogens (primary N) is 1. The summed E-state index contributed by atoms with van der Waals surface area (Å²) in [4.78, 5) is 4.66. The van der Waals surface area contributed by atoms with Crippen LogP contribution in [0.4, 0.5) is 0 Å². The van der Waals surface area contributed by atoms with Crippen molar-refractivity contribution in [1.82, 2.24) is 4.98 Å². The second-order valence-electron chi connectivity index (χ2n) is 4.09. The topological polar surface area (TPSA) is 38.9 Å². The van der Waals surface area contributed by atoms with Crippen LogP contribution in [0, 0.1) is 0 Å². The monoisotopic (exact) mass is 282 g/mol. The molecular formula is C11H11BrN2S. The molecule has 1 aliphatic rings. The standard InChI is InChI=1S/C11H11BrN2S/c12-7-1-2-10-9(5-7)14-11(15-10)6-3-8(13)4-6/h1-2,5-6,8H,3-4,13H2. The van der Waals surface area contributed by atoms with Crippen molar-refractivity contribution in [2.45, 2.75) is 24.8 Å². The molecule has 1 aromatic carbocycles. The van der Waals surface area contributed by atoms with Crippen molar-refractivity contribution in [3.05, 3.63) is 27.7 Å². The van der Waals surface area contributed by atoms with Crippen LogP contribution < -0.4 is 5.73 Å². The molecule has 2 N–H and O–H groups in total. The predicted molar refractivity (Wildman–Crippen MR) is 67.3 cm³/mol. The highest BCUT2D eigenvalue weighted by molar-refractivity contribution is 9.10. The Kier molecular flexibility index (Phi) is 2.30. The number of halogens is 1. The maximum atomic E-state index is 5.79. The van der Waals surface area contributed by atoms with Gasteiger partial charge in [-0.25, -0.2) is 4.98 Å². The van der Waals surface area contributed by atoms with Crippen LogP contribution in [0.2, 0.25) is 0 Å². The van der Waals surface area contributed by atoms with Crippen LogP contribution in [0.1, 0.15) is 23.8 Å². The first-order valence-corrected chi connectivity index (χ1v) is 6.65. The van der Waals surface area contributed by atoms with E-state index in [1.165, 1.54) is 9.71 Å². The Morgan fingerprint density at radius 2 is 2.20 bits per heavy atom. The molecule has 0 spiro atoms. The Hall–Kier alpha value is -0.450. The lowest BCUT2D eigenvalue weighted by Crippen LogP contribution is -2.34. The number of thiazole rings is 1. The number of fused-ring (bicyclic) bond motifs is 1. The second-order valence-corrected chi connectivity index (χ2v) is 6.07. The second kappa shape index (κ2) is 3.54. The van der Waals surface area contributed by atoms with Gasteiger partial charge in [-0.15, -0.1) is 11.3 Å². The Morgan fingerprint density at radius 1 is 1.40 bits per heavy atom. The Labute approximate surface area is 101 Å². The van der Waals surface area contributed by atoms with Gasteiger partial charge in [-0.2, -0.15) is 0 Å². The van der Waals surface area contributed by atoms with E-state index in [2.05, 4.69) is 39.1 Å². The fourth-order valence-electron chi connectivity index (χ4n) is 1.96. The molecule has 0 aliphatic heterocycles. The van der Waals surface area contributed by atoms with Crippen LogP contribution in [0.15, 0.2) is 22.7 Å². The molecule has 1 fully saturated rings. The molecule has 0 atom stereocenters. The molecule has 0 radical (unpaired) electrons. The molecule has 0 bridgehead atoms. The molecular weight excluding hydrogens is 272 g/mol. The molecule has 3 rings (SSSR count). The van der Waals surface area contributed by atoms with E-state index in [0.717, 1.165) is 22.8 Å². The van der Waals surface area contributed by atoms with E-state index in [1.807, 2.05) is 0 Å². The molecule has 0 saturated heterocycles. The van der Waals surface area contributed by atoms with Gasteiger partial charge in [0.1, 0.15) is 0 Å². The van der Waals surface area contributed by atoms with E-state index < -0.39 is 0 Å². The molecule has 0 amide bonds. The first-order chi connectivity index (χ1) is 7.22. The van der Waals surface area contributed by atoms with Crippen molar-refractivity contribution in [3.8, 4) is 0 Å². The van der Waals surface area contributed by atoms with E-state index >= 15 is 0 Å². The minimum atomic E-state index is 0.397. The van der Waals surface area contributed by atoms with Gasteiger partial charge in [-0.05, 0) is 31.0 Å². The summed E-state index contributed by atoms with van der Waals surface area (Å²) in [6, 6.07) is 6.66. The smallest absolute Gasteiger partial charge is 0.0970 e. The molecule has 15 heavy (non-hydrogen) atoms. The van der Waals surface area contributed by atoms with Gasteiger partial charge in [-0.1, -0.05) is 15.9 Å². The van der Waals surface area contributed by atoms with Crippen LogP contribution in [0.25, 0.3) is 10.2 Å². The number of hydrogen-bond donors (Lipinski definition) is 1. The first kappa shape index (κ1) is 9.75. The summed E-state index contributed by atoms with van der Waals surface area (Å²) in [7, 11) is 0. The fraction of sp³-hybridized carbons (Fsp3) is 0.364. The van der Waals surface area contributed by atoms with Gasteiger partial charge >= 0.3 is 0 Å². The third-order valence-corrected chi connectivity index (χ3v) is 4.58. The van der Waals surface area contributed by atoms with Crippen LogP contribution in [-0.4, -0.2) is 11.0 Å². The normalized spacial score (nSPS) is 25.5. The summed E-state index contributed by atoms with van der Waals surface area (Å²) in [5.41, 5.74) is 6.90. The highest BCUT2D eigenvalue weighted by Gasteiger charge is 2.29. The van der Waals surface area contributed by atoms with Crippen LogP contribution >= 0.6 is 27.3 Å². The van der Waals surface area contributed by atoms with Gasteiger partial charge in [0, 0.05) is 16.4 Å². The molecule has 1 aliphatic carbocycles. The SMILES string of the molecule is NC1CC(c2nc3cc(Br)ccc3s2)C1. The molecule has 1 aromatic heterocycles. The van der Waals surface area contributed by atoms with Gasteiger partial charge < -0.3 is 5.73 Å². The summed E-state index contributed by atoms with van der Waals surface area (Å²) < 4.78 is 2.37. The van der Waals surface area contributed by atoms with Gasteiger partial charge in [0.15, 0.2) is 0 Å². The number of benzene rings is 1. The van der Waals surface area contributed by atoms with E-state index in [9.17, 15) is 0 Å². The average Bonchev–Trinajstić information content (AvgIpc) is 2.55. The van der Waals surface area contributed by atoms with Crippen molar-refractivity contribution in [3.63, 3.8) is 0 Å². The van der Waals surface area contributed by atoms with Crippen molar-refractivity contribution in [2.75, 3.05) is 0 Å². The summed E-state index contributed by atoms with van der Waals surface area (Å²) in [6.45, 7) is 0. The minimum absolute atomic E-state index is 0.397. The van der Waals surface area contributed by atoms with Crippen molar-refractivity contribution >= 4 is 37.5 Å². The number of rotatable bonds is 1. The molecule has 1 saturated carbocycles. The maximum absolute atomic E-state index is 5.79. The first-order valence-electron chi connectivity index (χ1n) is 5.04. The van der Waals surface area contributed by atoms with E-state index in [1.54, 1.807) is 11.3 Å². The molecule has 0 unspecified atom stereocenters. The quantitative estimate of drug-likeness (QED) is 0.872. The Balaban J connectivity index is 1.99. The molecule has 2 nitrogen and oxygen atoms in total.